The first kappa shape index (κ1) is 13.9. The lowest BCUT2D eigenvalue weighted by molar-refractivity contribution is -0.0445. The van der Waals surface area contributed by atoms with Gasteiger partial charge in [-0.05, 0) is 31.2 Å². The molecule has 110 valence electrons. The van der Waals surface area contributed by atoms with Crippen LogP contribution in [0.1, 0.15) is 44.8 Å². The molecule has 3 heteroatoms. The SMILES string of the molecule is CC(C)CCON1CC2CCCOC2c2ccccc21. The second-order valence-electron chi connectivity index (χ2n) is 6.33. The number of nitrogens with zero attached hydrogens (tertiary/aromatic N) is 1. The van der Waals surface area contributed by atoms with Crippen LogP contribution in [0.2, 0.25) is 0 Å². The molecule has 0 aliphatic carbocycles. The maximum Gasteiger partial charge on any atom is 0.0891 e. The lowest BCUT2D eigenvalue weighted by Gasteiger charge is -2.42. The van der Waals surface area contributed by atoms with Crippen LogP contribution in [0.25, 0.3) is 0 Å². The molecular weight excluding hydrogens is 250 g/mol. The van der Waals surface area contributed by atoms with Crippen LogP contribution in [0.15, 0.2) is 24.3 Å². The zero-order valence-corrected chi connectivity index (χ0v) is 12.5. The number of hydroxylamine groups is 1. The first-order valence-corrected chi connectivity index (χ1v) is 7.86. The fourth-order valence-electron chi connectivity index (χ4n) is 3.16. The molecule has 3 nitrogen and oxygen atoms in total. The van der Waals surface area contributed by atoms with Gasteiger partial charge in [-0.15, -0.1) is 0 Å². The Morgan fingerprint density at radius 1 is 1.35 bits per heavy atom. The van der Waals surface area contributed by atoms with Crippen molar-refractivity contribution in [2.24, 2.45) is 11.8 Å². The minimum Gasteiger partial charge on any atom is -0.373 e. The maximum absolute atomic E-state index is 6.05. The van der Waals surface area contributed by atoms with Gasteiger partial charge in [-0.2, -0.15) is 0 Å². The molecule has 2 aliphatic rings. The maximum atomic E-state index is 6.05. The normalized spacial score (nSPS) is 25.4. The van der Waals surface area contributed by atoms with Crippen LogP contribution < -0.4 is 5.06 Å². The van der Waals surface area contributed by atoms with E-state index in [1.165, 1.54) is 24.1 Å². The van der Waals surface area contributed by atoms with Crippen LogP contribution in [0.4, 0.5) is 5.69 Å². The molecule has 0 bridgehead atoms. The summed E-state index contributed by atoms with van der Waals surface area (Å²) in [4.78, 5) is 6.05. The van der Waals surface area contributed by atoms with Crippen molar-refractivity contribution in [1.29, 1.82) is 0 Å². The summed E-state index contributed by atoms with van der Waals surface area (Å²) in [5.74, 6) is 1.25. The van der Waals surface area contributed by atoms with Crippen LogP contribution in [0.5, 0.6) is 0 Å². The van der Waals surface area contributed by atoms with Gasteiger partial charge < -0.3 is 4.74 Å². The van der Waals surface area contributed by atoms with E-state index in [1.54, 1.807) is 0 Å². The minimum atomic E-state index is 0.268. The topological polar surface area (TPSA) is 21.7 Å². The van der Waals surface area contributed by atoms with E-state index in [-0.39, 0.29) is 6.10 Å². The molecule has 1 saturated heterocycles. The average Bonchev–Trinajstić information content (AvgIpc) is 2.47. The quantitative estimate of drug-likeness (QED) is 0.830. The molecule has 0 N–H and O–H groups in total. The standard InChI is InChI=1S/C17H25NO2/c1-13(2)9-11-20-18-12-14-6-5-10-19-17(14)15-7-3-4-8-16(15)18/h3-4,7-8,13-14,17H,5-6,9-12H2,1-2H3. The van der Waals surface area contributed by atoms with Crippen molar-refractivity contribution in [2.45, 2.75) is 39.2 Å². The number of para-hydroxylation sites is 1. The second-order valence-corrected chi connectivity index (χ2v) is 6.33. The van der Waals surface area contributed by atoms with Crippen molar-refractivity contribution >= 4 is 5.69 Å². The molecule has 2 heterocycles. The van der Waals surface area contributed by atoms with Gasteiger partial charge in [0.15, 0.2) is 0 Å². The first-order chi connectivity index (χ1) is 9.75. The number of fused-ring (bicyclic) bond motifs is 3. The number of hydrogen-bond donors (Lipinski definition) is 0. The number of hydrogen-bond acceptors (Lipinski definition) is 3. The predicted octanol–water partition coefficient (Wildman–Crippen LogP) is 3.95. The minimum absolute atomic E-state index is 0.268. The molecule has 2 aliphatic heterocycles. The highest BCUT2D eigenvalue weighted by molar-refractivity contribution is 5.55. The third kappa shape index (κ3) is 2.84. The molecule has 0 amide bonds. The molecule has 2 atom stereocenters. The van der Waals surface area contributed by atoms with Gasteiger partial charge in [-0.3, -0.25) is 9.90 Å². The van der Waals surface area contributed by atoms with Gasteiger partial charge in [0.2, 0.25) is 0 Å². The van der Waals surface area contributed by atoms with E-state index in [0.29, 0.717) is 11.8 Å². The van der Waals surface area contributed by atoms with Crippen LogP contribution in [-0.2, 0) is 9.57 Å². The molecule has 3 rings (SSSR count). The Kier molecular flexibility index (Phi) is 4.27. The highest BCUT2D eigenvalue weighted by atomic mass is 16.7. The monoisotopic (exact) mass is 275 g/mol. The van der Waals surface area contributed by atoms with Gasteiger partial charge in [0.05, 0.1) is 24.9 Å². The molecular formula is C17H25NO2. The third-order valence-electron chi connectivity index (χ3n) is 4.30. The Morgan fingerprint density at radius 2 is 2.20 bits per heavy atom. The van der Waals surface area contributed by atoms with E-state index >= 15 is 0 Å². The summed E-state index contributed by atoms with van der Waals surface area (Å²) < 4.78 is 6.02. The van der Waals surface area contributed by atoms with E-state index in [4.69, 9.17) is 9.57 Å². The highest BCUT2D eigenvalue weighted by Crippen LogP contribution is 2.43. The zero-order chi connectivity index (χ0) is 13.9. The third-order valence-corrected chi connectivity index (χ3v) is 4.30. The fourth-order valence-corrected chi connectivity index (χ4v) is 3.16. The van der Waals surface area contributed by atoms with Crippen LogP contribution in [0.3, 0.4) is 0 Å². The lowest BCUT2D eigenvalue weighted by atomic mass is 9.85. The highest BCUT2D eigenvalue weighted by Gasteiger charge is 2.36. The Labute approximate surface area is 121 Å². The summed E-state index contributed by atoms with van der Waals surface area (Å²) in [6.45, 7) is 7.12. The predicted molar refractivity (Wildman–Crippen MR) is 80.6 cm³/mol. The van der Waals surface area contributed by atoms with Crippen LogP contribution >= 0.6 is 0 Å². The molecule has 0 aromatic heterocycles. The number of benzene rings is 1. The van der Waals surface area contributed by atoms with E-state index in [0.717, 1.165) is 26.2 Å². The average molecular weight is 275 g/mol. The zero-order valence-electron chi connectivity index (χ0n) is 12.5. The van der Waals surface area contributed by atoms with E-state index in [2.05, 4.69) is 43.2 Å². The summed E-state index contributed by atoms with van der Waals surface area (Å²) in [5.41, 5.74) is 2.49. The molecule has 0 radical (unpaired) electrons. The lowest BCUT2D eigenvalue weighted by Crippen LogP contribution is -2.40. The number of ether oxygens (including phenoxy) is 1. The molecule has 20 heavy (non-hydrogen) atoms. The van der Waals surface area contributed by atoms with Crippen molar-refractivity contribution in [3.63, 3.8) is 0 Å². The molecule has 2 unspecified atom stereocenters. The van der Waals surface area contributed by atoms with E-state index in [1.807, 2.05) is 0 Å². The van der Waals surface area contributed by atoms with Gasteiger partial charge >= 0.3 is 0 Å². The smallest absolute Gasteiger partial charge is 0.0891 e. The fraction of sp³-hybridized carbons (Fsp3) is 0.647. The number of rotatable bonds is 4. The van der Waals surface area contributed by atoms with Crippen molar-refractivity contribution in [3.05, 3.63) is 29.8 Å². The summed E-state index contributed by atoms with van der Waals surface area (Å²) >= 11 is 0. The molecule has 1 aromatic carbocycles. The van der Waals surface area contributed by atoms with E-state index < -0.39 is 0 Å². The van der Waals surface area contributed by atoms with Crippen molar-refractivity contribution in [2.75, 3.05) is 24.8 Å². The summed E-state index contributed by atoms with van der Waals surface area (Å²) in [7, 11) is 0. The number of anilines is 1. The summed E-state index contributed by atoms with van der Waals surface area (Å²) in [6, 6.07) is 8.53. The van der Waals surface area contributed by atoms with Gasteiger partial charge in [-0.25, -0.2) is 0 Å². The van der Waals surface area contributed by atoms with Crippen LogP contribution in [-0.4, -0.2) is 19.8 Å². The van der Waals surface area contributed by atoms with Crippen molar-refractivity contribution < 1.29 is 9.57 Å². The Hall–Kier alpha value is -1.06. The van der Waals surface area contributed by atoms with Crippen molar-refractivity contribution in [3.8, 4) is 0 Å². The largest absolute Gasteiger partial charge is 0.373 e. The Bertz CT molecular complexity index is 446. The van der Waals surface area contributed by atoms with E-state index in [9.17, 15) is 0 Å². The molecule has 1 fully saturated rings. The van der Waals surface area contributed by atoms with Crippen LogP contribution in [0, 0.1) is 11.8 Å². The van der Waals surface area contributed by atoms with Gasteiger partial charge in [0, 0.05) is 18.1 Å². The molecule has 0 spiro atoms. The second kappa shape index (κ2) is 6.15. The molecule has 1 aromatic rings. The Morgan fingerprint density at radius 3 is 3.05 bits per heavy atom. The first-order valence-electron chi connectivity index (χ1n) is 7.86. The Balaban J connectivity index is 1.77. The summed E-state index contributed by atoms with van der Waals surface area (Å²) in [6.07, 6.45) is 3.78. The van der Waals surface area contributed by atoms with Gasteiger partial charge in [0.25, 0.3) is 0 Å². The summed E-state index contributed by atoms with van der Waals surface area (Å²) in [5, 5.41) is 2.10. The van der Waals surface area contributed by atoms with Crippen molar-refractivity contribution in [1.82, 2.24) is 0 Å². The molecule has 0 saturated carbocycles. The van der Waals surface area contributed by atoms with Gasteiger partial charge in [-0.1, -0.05) is 32.0 Å². The van der Waals surface area contributed by atoms with Gasteiger partial charge in [0.1, 0.15) is 0 Å².